The van der Waals surface area contributed by atoms with Gasteiger partial charge in [0.1, 0.15) is 5.75 Å². The third-order valence-corrected chi connectivity index (χ3v) is 9.33. The number of fused-ring (bicyclic) bond motifs is 6. The fourth-order valence-corrected chi connectivity index (χ4v) is 7.01. The van der Waals surface area contributed by atoms with Gasteiger partial charge < -0.3 is 39.5 Å². The van der Waals surface area contributed by atoms with E-state index in [1.807, 2.05) is 35.2 Å². The van der Waals surface area contributed by atoms with E-state index >= 15 is 0 Å². The molecule has 252 valence electrons. The molecular formula is C37H42N4O7. The second kappa shape index (κ2) is 13.9. The fourth-order valence-electron chi connectivity index (χ4n) is 7.01. The summed E-state index contributed by atoms with van der Waals surface area (Å²) in [6.45, 7) is 3.13. The number of anilines is 1. The third-order valence-electron chi connectivity index (χ3n) is 9.33. The van der Waals surface area contributed by atoms with Crippen LogP contribution in [0.25, 0.3) is 22.0 Å². The Hall–Kier alpha value is -5.19. The molecule has 0 unspecified atom stereocenters. The van der Waals surface area contributed by atoms with E-state index in [1.54, 1.807) is 40.6 Å². The van der Waals surface area contributed by atoms with Crippen LogP contribution in [0.3, 0.4) is 0 Å². The van der Waals surface area contributed by atoms with Crippen molar-refractivity contribution in [1.82, 2.24) is 15.2 Å². The Kier molecular flexibility index (Phi) is 9.47. The third kappa shape index (κ3) is 6.24. The number of rotatable bonds is 10. The van der Waals surface area contributed by atoms with Crippen molar-refractivity contribution in [3.8, 4) is 34.1 Å². The minimum Gasteiger partial charge on any atom is -0.497 e. The first-order chi connectivity index (χ1) is 23.3. The van der Waals surface area contributed by atoms with Crippen molar-refractivity contribution in [2.24, 2.45) is 0 Å². The molecule has 0 saturated carbocycles. The largest absolute Gasteiger partial charge is 0.497 e. The first kappa shape index (κ1) is 32.7. The van der Waals surface area contributed by atoms with E-state index in [0.29, 0.717) is 73.8 Å². The van der Waals surface area contributed by atoms with Gasteiger partial charge in [-0.05, 0) is 72.4 Å². The first-order valence-electron chi connectivity index (χ1n) is 16.2. The predicted octanol–water partition coefficient (Wildman–Crippen LogP) is 5.13. The second-order valence-electron chi connectivity index (χ2n) is 12.2. The Morgan fingerprint density at radius 1 is 0.958 bits per heavy atom. The van der Waals surface area contributed by atoms with Gasteiger partial charge in [-0.3, -0.25) is 14.4 Å². The molecule has 11 nitrogen and oxygen atoms in total. The van der Waals surface area contributed by atoms with Crippen LogP contribution in [-0.2, 0) is 29.0 Å². The number of nitrogens with one attached hydrogen (secondary N) is 3. The van der Waals surface area contributed by atoms with Crippen LogP contribution in [0, 0.1) is 0 Å². The number of aryl methyl sites for hydroxylation is 1. The van der Waals surface area contributed by atoms with E-state index in [4.69, 9.17) is 18.9 Å². The zero-order valence-electron chi connectivity index (χ0n) is 28.1. The van der Waals surface area contributed by atoms with E-state index in [9.17, 15) is 14.4 Å². The lowest BCUT2D eigenvalue weighted by Crippen LogP contribution is -2.35. The molecule has 4 aromatic rings. The molecule has 1 atom stereocenters. The molecule has 2 aliphatic rings. The average Bonchev–Trinajstić information content (AvgIpc) is 3.29. The summed E-state index contributed by atoms with van der Waals surface area (Å²) in [5.41, 5.74) is 6.77. The van der Waals surface area contributed by atoms with E-state index in [0.717, 1.165) is 45.3 Å². The quantitative estimate of drug-likeness (QED) is 0.201. The monoisotopic (exact) mass is 654 g/mol. The van der Waals surface area contributed by atoms with Gasteiger partial charge in [0.15, 0.2) is 11.5 Å². The number of H-pyrrole nitrogens is 1. The van der Waals surface area contributed by atoms with E-state index < -0.39 is 0 Å². The minimum absolute atomic E-state index is 0.0820. The minimum atomic E-state index is -0.388. The molecule has 48 heavy (non-hydrogen) atoms. The summed E-state index contributed by atoms with van der Waals surface area (Å²) >= 11 is 0. The number of hydrogen-bond acceptors (Lipinski definition) is 8. The Morgan fingerprint density at radius 3 is 2.50 bits per heavy atom. The topological polar surface area (TPSA) is 131 Å². The highest BCUT2D eigenvalue weighted by atomic mass is 16.5. The molecule has 0 saturated heterocycles. The standard InChI is InChI=1S/C37H42N4O7/c1-21(42)39-28-11-8-22-17-33(46-3)36(47-4)37(48-5)35(22)24-10-13-31(32(43)19-26(24)28)38-15-6-7-34(44)41-16-14-30-27(20-41)25-18-23(45-2)9-12-29(25)40-30/h9-10,12-13,17-19,28,40H,6-8,11,14-16,20H2,1-5H3,(H,38,43)(H,39,42)/t28-/m0/s1. The Labute approximate surface area is 279 Å². The highest BCUT2D eigenvalue weighted by Gasteiger charge is 2.30. The number of aromatic amines is 1. The van der Waals surface area contributed by atoms with Gasteiger partial charge in [-0.15, -0.1) is 0 Å². The molecule has 6 rings (SSSR count). The van der Waals surface area contributed by atoms with Crippen molar-refractivity contribution in [2.45, 2.75) is 51.6 Å². The number of carbonyl (C=O) groups is 2. The summed E-state index contributed by atoms with van der Waals surface area (Å²) in [6.07, 6.45) is 2.89. The van der Waals surface area contributed by atoms with Crippen molar-refractivity contribution >= 4 is 28.4 Å². The lowest BCUT2D eigenvalue weighted by molar-refractivity contribution is -0.132. The van der Waals surface area contributed by atoms with Crippen molar-refractivity contribution in [1.29, 1.82) is 0 Å². The van der Waals surface area contributed by atoms with Crippen molar-refractivity contribution < 1.29 is 28.5 Å². The summed E-state index contributed by atoms with van der Waals surface area (Å²) in [4.78, 5) is 44.5. The summed E-state index contributed by atoms with van der Waals surface area (Å²) < 4.78 is 22.6. The number of nitrogens with zero attached hydrogens (tertiary/aromatic N) is 1. The molecule has 0 spiro atoms. The number of hydrogen-bond donors (Lipinski definition) is 3. The van der Waals surface area contributed by atoms with Crippen LogP contribution in [0.2, 0.25) is 0 Å². The number of methoxy groups -OCH3 is 4. The van der Waals surface area contributed by atoms with Crippen molar-refractivity contribution in [3.63, 3.8) is 0 Å². The zero-order chi connectivity index (χ0) is 33.9. The Bertz CT molecular complexity index is 1940. The predicted molar refractivity (Wildman–Crippen MR) is 184 cm³/mol. The molecule has 1 aromatic heterocycles. The highest BCUT2D eigenvalue weighted by molar-refractivity contribution is 5.87. The maximum atomic E-state index is 13.6. The van der Waals surface area contributed by atoms with Crippen LogP contribution in [0.5, 0.6) is 23.0 Å². The van der Waals surface area contributed by atoms with Gasteiger partial charge in [-0.1, -0.05) is 6.07 Å². The molecule has 1 aliphatic heterocycles. The molecular weight excluding hydrogens is 612 g/mol. The van der Waals surface area contributed by atoms with Gasteiger partial charge in [-0.2, -0.15) is 0 Å². The fraction of sp³-hybridized carbons (Fsp3) is 0.378. The van der Waals surface area contributed by atoms with Crippen LogP contribution in [0.4, 0.5) is 5.69 Å². The number of benzene rings is 2. The van der Waals surface area contributed by atoms with Crippen LogP contribution < -0.4 is 35.0 Å². The molecule has 0 radical (unpaired) electrons. The molecule has 11 heteroatoms. The molecule has 2 amide bonds. The normalized spacial score (nSPS) is 15.0. The number of ether oxygens (including phenoxy) is 4. The second-order valence-corrected chi connectivity index (χ2v) is 12.2. The summed E-state index contributed by atoms with van der Waals surface area (Å²) in [7, 11) is 6.36. The van der Waals surface area contributed by atoms with E-state index in [-0.39, 0.29) is 23.3 Å². The molecule has 0 fully saturated rings. The molecule has 0 bridgehead atoms. The van der Waals surface area contributed by atoms with Crippen LogP contribution in [0.1, 0.15) is 54.6 Å². The SMILES string of the molecule is COc1ccc2[nH]c3c(c2c1)CN(C(=O)CCCNc1ccc2c(cc1=O)[C@@H](NC(C)=O)CCc1cc(OC)c(OC)c(OC)c1-2)CC3. The van der Waals surface area contributed by atoms with Crippen LogP contribution in [-0.4, -0.2) is 63.2 Å². The highest BCUT2D eigenvalue weighted by Crippen LogP contribution is 2.50. The van der Waals surface area contributed by atoms with Gasteiger partial charge in [0.25, 0.3) is 0 Å². The molecule has 3 aromatic carbocycles. The van der Waals surface area contributed by atoms with Gasteiger partial charge in [0.2, 0.25) is 23.0 Å². The van der Waals surface area contributed by atoms with Crippen molar-refractivity contribution in [2.75, 3.05) is 46.8 Å². The lowest BCUT2D eigenvalue weighted by atomic mass is 9.95. The number of carbonyl (C=O) groups excluding carboxylic acids is 2. The Morgan fingerprint density at radius 2 is 1.77 bits per heavy atom. The first-order valence-corrected chi connectivity index (χ1v) is 16.2. The van der Waals surface area contributed by atoms with Gasteiger partial charge >= 0.3 is 0 Å². The molecule has 2 heterocycles. The van der Waals surface area contributed by atoms with Gasteiger partial charge in [0, 0.05) is 67.1 Å². The summed E-state index contributed by atoms with van der Waals surface area (Å²) in [5.74, 6) is 2.18. The number of aromatic nitrogens is 1. The van der Waals surface area contributed by atoms with Crippen LogP contribution >= 0.6 is 0 Å². The average molecular weight is 655 g/mol. The molecule has 1 aliphatic carbocycles. The maximum Gasteiger partial charge on any atom is 0.222 e. The Balaban J connectivity index is 1.21. The lowest BCUT2D eigenvalue weighted by Gasteiger charge is -2.27. The van der Waals surface area contributed by atoms with Gasteiger partial charge in [-0.25, -0.2) is 0 Å². The van der Waals surface area contributed by atoms with Gasteiger partial charge in [0.05, 0.1) is 40.2 Å². The van der Waals surface area contributed by atoms with Crippen molar-refractivity contribution in [3.05, 3.63) is 75.1 Å². The summed E-state index contributed by atoms with van der Waals surface area (Å²) in [5, 5.41) is 7.38. The molecule has 3 N–H and O–H groups in total. The van der Waals surface area contributed by atoms with E-state index in [1.165, 1.54) is 12.6 Å². The van der Waals surface area contributed by atoms with Crippen LogP contribution in [0.15, 0.2) is 47.3 Å². The summed E-state index contributed by atoms with van der Waals surface area (Å²) in [6, 6.07) is 12.7. The van der Waals surface area contributed by atoms with E-state index in [2.05, 4.69) is 15.6 Å². The zero-order valence-corrected chi connectivity index (χ0v) is 28.1. The number of amides is 2. The smallest absolute Gasteiger partial charge is 0.222 e. The maximum absolute atomic E-state index is 13.6.